The quantitative estimate of drug-likeness (QED) is 0.0525. The van der Waals surface area contributed by atoms with E-state index in [0.717, 1.165) is 24.4 Å². The topological polar surface area (TPSA) is 27.1 Å². The van der Waals surface area contributed by atoms with Crippen LogP contribution in [0, 0.1) is 0 Å². The number of ether oxygens (including phenoxy) is 1. The number of hydrogen-bond acceptors (Lipinski definition) is 3. The van der Waals surface area contributed by atoms with Gasteiger partial charge in [-0.1, -0.05) is 151 Å². The van der Waals surface area contributed by atoms with Crippen molar-refractivity contribution in [1.29, 1.82) is 0 Å². The summed E-state index contributed by atoms with van der Waals surface area (Å²) in [4.78, 5) is 5.77. The maximum atomic E-state index is 5.38. The highest BCUT2D eigenvalue weighted by molar-refractivity contribution is 7.99. The molecule has 1 heterocycles. The van der Waals surface area contributed by atoms with Crippen molar-refractivity contribution in [3.63, 3.8) is 0 Å². The zero-order valence-corrected chi connectivity index (χ0v) is 29.1. The fourth-order valence-electron chi connectivity index (χ4n) is 5.68. The Morgan fingerprint density at radius 3 is 2.11 bits per heavy atom. The van der Waals surface area contributed by atoms with Crippen LogP contribution in [0.15, 0.2) is 96.3 Å². The summed E-state index contributed by atoms with van der Waals surface area (Å²) in [5, 5.41) is 0. The molecule has 0 aliphatic carbocycles. The van der Waals surface area contributed by atoms with Gasteiger partial charge in [-0.25, -0.2) is 4.98 Å². The van der Waals surface area contributed by atoms with E-state index in [2.05, 4.69) is 97.4 Å². The van der Waals surface area contributed by atoms with Crippen molar-refractivity contribution < 1.29 is 4.74 Å². The van der Waals surface area contributed by atoms with Crippen molar-refractivity contribution in [3.05, 3.63) is 97.0 Å². The number of rotatable bonds is 21. The summed E-state index contributed by atoms with van der Waals surface area (Å²) in [7, 11) is 4.01. The third-order valence-corrected chi connectivity index (χ3v) is 9.21. The molecule has 1 radical (unpaired) electrons. The van der Waals surface area contributed by atoms with Crippen LogP contribution >= 0.6 is 11.8 Å². The Bertz CT molecular complexity index is 1290. The van der Waals surface area contributed by atoms with Crippen molar-refractivity contribution in [2.45, 2.75) is 115 Å². The molecule has 45 heavy (non-hydrogen) atoms. The van der Waals surface area contributed by atoms with E-state index in [1.165, 1.54) is 111 Å². The summed E-state index contributed by atoms with van der Waals surface area (Å²) in [5.74, 6) is 2.10. The molecule has 0 atom stereocenters. The molecule has 0 fully saturated rings. The molecule has 0 unspecified atom stereocenters. The Kier molecular flexibility index (Phi) is 19.0. The normalized spacial score (nSPS) is 10.7. The van der Waals surface area contributed by atoms with E-state index in [1.807, 2.05) is 36.4 Å². The lowest BCUT2D eigenvalue weighted by molar-refractivity contribution is 0.418. The number of thioether (sulfide) groups is 1. The molecule has 5 heteroatoms. The third kappa shape index (κ3) is 14.4. The largest absolute Gasteiger partial charge is 0.497 e. The summed E-state index contributed by atoms with van der Waals surface area (Å²) < 4.78 is 7.67. The zero-order valence-electron chi connectivity index (χ0n) is 28.3. The molecule has 4 rings (SSSR count). The second-order valence-electron chi connectivity index (χ2n) is 11.8. The zero-order chi connectivity index (χ0) is 31.8. The number of aromatic nitrogens is 2. The maximum absolute atomic E-state index is 5.38. The Morgan fingerprint density at radius 2 is 1.38 bits per heavy atom. The third-order valence-electron chi connectivity index (χ3n) is 8.21. The number of nitrogens with zero attached hydrogens (tertiary/aromatic N) is 2. The van der Waals surface area contributed by atoms with Crippen molar-refractivity contribution in [2.24, 2.45) is 0 Å². The van der Waals surface area contributed by atoms with Crippen molar-refractivity contribution in [3.8, 4) is 17.0 Å². The fraction of sp³-hybridized carbons (Fsp3) is 0.475. The second-order valence-corrected chi connectivity index (χ2v) is 13.1. The molecule has 0 saturated heterocycles. The van der Waals surface area contributed by atoms with Gasteiger partial charge < -0.3 is 9.30 Å². The molecule has 0 bridgehead atoms. The van der Waals surface area contributed by atoms with Crippen LogP contribution in [-0.4, -0.2) is 29.7 Å². The van der Waals surface area contributed by atoms with E-state index in [1.54, 1.807) is 7.11 Å². The van der Waals surface area contributed by atoms with Gasteiger partial charge in [0.05, 0.1) is 25.3 Å². The van der Waals surface area contributed by atoms with Gasteiger partial charge in [0, 0.05) is 11.4 Å². The van der Waals surface area contributed by atoms with E-state index < -0.39 is 0 Å². The van der Waals surface area contributed by atoms with Gasteiger partial charge in [0.1, 0.15) is 5.75 Å². The van der Waals surface area contributed by atoms with Crippen LogP contribution in [0.1, 0.15) is 96.5 Å². The van der Waals surface area contributed by atoms with Gasteiger partial charge in [-0.05, 0) is 53.7 Å². The number of para-hydroxylation sites is 1. The Labute approximate surface area is 279 Å². The predicted octanol–water partition coefficient (Wildman–Crippen LogP) is 11.0. The first-order valence-corrected chi connectivity index (χ1v) is 18.5. The first kappa shape index (κ1) is 36.6. The number of imidazole rings is 1. The molecule has 3 aromatic carbocycles. The lowest BCUT2D eigenvalue weighted by Crippen LogP contribution is -2.16. The van der Waals surface area contributed by atoms with Gasteiger partial charge in [0.15, 0.2) is 7.28 Å². The van der Waals surface area contributed by atoms with Crippen LogP contribution in [0.3, 0.4) is 0 Å². The molecule has 0 N–H and O–H groups in total. The molecule has 0 aliphatic heterocycles. The molecule has 1 aromatic heterocycles. The molecule has 241 valence electrons. The van der Waals surface area contributed by atoms with Gasteiger partial charge in [0.2, 0.25) is 0 Å². The van der Waals surface area contributed by atoms with E-state index >= 15 is 0 Å². The highest BCUT2D eigenvalue weighted by atomic mass is 32.2. The van der Waals surface area contributed by atoms with Crippen LogP contribution in [0.4, 0.5) is 0 Å². The summed E-state index contributed by atoms with van der Waals surface area (Å²) >= 11 is 1.94. The molecule has 4 aromatic rings. The van der Waals surface area contributed by atoms with E-state index in [-0.39, 0.29) is 0 Å². The van der Waals surface area contributed by atoms with E-state index in [4.69, 9.17) is 4.74 Å². The molecule has 0 saturated carbocycles. The van der Waals surface area contributed by atoms with Crippen molar-refractivity contribution in [2.75, 3.05) is 12.9 Å². The number of methoxy groups -OCH3 is 1. The highest BCUT2D eigenvalue weighted by Gasteiger charge is 2.06. The van der Waals surface area contributed by atoms with Gasteiger partial charge in [-0.15, -0.1) is 11.8 Å². The second kappa shape index (κ2) is 23.4. The number of unbranched alkanes of at least 4 members (excludes halogenated alkanes) is 10. The summed E-state index contributed by atoms with van der Waals surface area (Å²) in [6, 6.07) is 27.6. The summed E-state index contributed by atoms with van der Waals surface area (Å²) in [5.41, 5.74) is 5.19. The predicted molar refractivity (Wildman–Crippen MR) is 198 cm³/mol. The lowest BCUT2D eigenvalue weighted by Gasteiger charge is -2.09. The van der Waals surface area contributed by atoms with E-state index in [9.17, 15) is 0 Å². The Balaban J connectivity index is 0.000000246. The van der Waals surface area contributed by atoms with Crippen molar-refractivity contribution in [1.82, 2.24) is 9.55 Å². The van der Waals surface area contributed by atoms with Gasteiger partial charge in [-0.3, -0.25) is 0 Å². The van der Waals surface area contributed by atoms with Crippen LogP contribution in [0.2, 0.25) is 6.32 Å². The average molecular weight is 624 g/mol. The first-order valence-electron chi connectivity index (χ1n) is 17.5. The highest BCUT2D eigenvalue weighted by Crippen LogP contribution is 2.24. The summed E-state index contributed by atoms with van der Waals surface area (Å²) in [6.07, 6.45) is 22.5. The van der Waals surface area contributed by atoms with Crippen LogP contribution in [0.5, 0.6) is 5.75 Å². The SMILES string of the molecule is CCCCCCCCCCCCn1cncc1-c1ccccc1.CCSc1ccccc1CCCC[B]c1ccccc1OC. The Morgan fingerprint density at radius 1 is 0.711 bits per heavy atom. The number of benzene rings is 3. The minimum Gasteiger partial charge on any atom is -0.497 e. The number of hydrogen-bond donors (Lipinski definition) is 0. The Hall–Kier alpha value is -2.92. The van der Waals surface area contributed by atoms with Crippen LogP contribution < -0.4 is 10.2 Å². The molecular formula is C40H56BN2OS. The van der Waals surface area contributed by atoms with Gasteiger partial charge >= 0.3 is 0 Å². The molecular weight excluding hydrogens is 567 g/mol. The monoisotopic (exact) mass is 623 g/mol. The van der Waals surface area contributed by atoms with Crippen molar-refractivity contribution >= 4 is 24.5 Å². The van der Waals surface area contributed by atoms with Gasteiger partial charge in [0.25, 0.3) is 0 Å². The standard InChI is InChI=1S/C21H32N2.C19H24BOS/c1-2-3-4-5-6-7-8-9-10-14-17-23-19-22-18-21(23)20-15-12-11-13-16-20;1-3-22-19-14-7-4-10-16(19)11-8-9-15-20-17-12-5-6-13-18(17)21-2/h11-13,15-16,18-19H,2-10,14,17H2,1H3;4-7,10,12-14H,3,8-9,11,15H2,1-2H3. The smallest absolute Gasteiger partial charge is 0.156 e. The van der Waals surface area contributed by atoms with Crippen LogP contribution in [0.25, 0.3) is 11.3 Å². The molecule has 3 nitrogen and oxygen atoms in total. The first-order chi connectivity index (χ1) is 22.3. The number of aryl methyl sites for hydroxylation is 2. The maximum Gasteiger partial charge on any atom is 0.156 e. The molecule has 0 aliphatic rings. The minimum atomic E-state index is 0.965. The van der Waals surface area contributed by atoms with Gasteiger partial charge in [-0.2, -0.15) is 0 Å². The van der Waals surface area contributed by atoms with Crippen LogP contribution in [-0.2, 0) is 13.0 Å². The minimum absolute atomic E-state index is 0.965. The van der Waals surface area contributed by atoms with E-state index in [0.29, 0.717) is 0 Å². The average Bonchev–Trinajstić information content (AvgIpc) is 3.56. The molecule has 0 spiro atoms. The fourth-order valence-corrected chi connectivity index (χ4v) is 6.52. The summed E-state index contributed by atoms with van der Waals surface area (Å²) in [6.45, 7) is 5.58. The molecule has 0 amide bonds. The lowest BCUT2D eigenvalue weighted by atomic mass is 9.65.